The van der Waals surface area contributed by atoms with Gasteiger partial charge >= 0.3 is 0 Å². The Bertz CT molecular complexity index is 1240. The number of carbonyl (C=O) groups is 1. The number of rotatable bonds is 3. The second kappa shape index (κ2) is 7.00. The first-order valence-electron chi connectivity index (χ1n) is 9.53. The van der Waals surface area contributed by atoms with E-state index in [1.54, 1.807) is 11.3 Å². The van der Waals surface area contributed by atoms with Crippen LogP contribution in [0.5, 0.6) is 0 Å². The molecule has 4 aromatic rings. The molecule has 0 saturated carbocycles. The van der Waals surface area contributed by atoms with Crippen LogP contribution in [0, 0.1) is 13.8 Å². The molecule has 144 valence electrons. The summed E-state index contributed by atoms with van der Waals surface area (Å²) in [6, 6.07) is 12.0. The van der Waals surface area contributed by atoms with Gasteiger partial charge in [0.05, 0.1) is 28.2 Å². The number of fused-ring (bicyclic) bond motifs is 2. The van der Waals surface area contributed by atoms with Crippen LogP contribution in [0.25, 0.3) is 10.9 Å². The van der Waals surface area contributed by atoms with Gasteiger partial charge in [-0.05, 0) is 37.8 Å². The molecule has 0 amide bonds. The van der Waals surface area contributed by atoms with Crippen molar-refractivity contribution in [3.8, 4) is 0 Å². The number of Topliss-reactive ketones (excluding diaryl/α,β-unsaturated/α-hetero) is 1. The van der Waals surface area contributed by atoms with E-state index in [9.17, 15) is 4.79 Å². The smallest absolute Gasteiger partial charge is 0.230 e. The number of nitrogens with one attached hydrogen (secondary N) is 1. The normalized spacial score (nSPS) is 16.1. The van der Waals surface area contributed by atoms with Crippen LogP contribution in [-0.4, -0.2) is 25.7 Å². The second-order valence-corrected chi connectivity index (χ2v) is 8.25. The third-order valence-electron chi connectivity index (χ3n) is 5.28. The minimum absolute atomic E-state index is 0.117. The third-order valence-corrected chi connectivity index (χ3v) is 6.31. The largest absolute Gasteiger partial charge is 0.294 e. The SMILES string of the molecule is Cc1nc(Nc2nc(C)c3ccccc3n2)nc2c1C(=O)CC(c1cccs1)C2. The fraction of sp³-hybridized carbons (Fsp3) is 0.227. The van der Waals surface area contributed by atoms with Gasteiger partial charge in [-0.2, -0.15) is 0 Å². The van der Waals surface area contributed by atoms with E-state index < -0.39 is 0 Å². The summed E-state index contributed by atoms with van der Waals surface area (Å²) in [7, 11) is 0. The molecule has 0 bridgehead atoms. The maximum absolute atomic E-state index is 12.8. The van der Waals surface area contributed by atoms with Gasteiger partial charge in [0.15, 0.2) is 5.78 Å². The van der Waals surface area contributed by atoms with E-state index in [0.717, 1.165) is 28.7 Å². The maximum atomic E-state index is 12.8. The number of hydrogen-bond donors (Lipinski definition) is 1. The van der Waals surface area contributed by atoms with E-state index in [1.807, 2.05) is 49.6 Å². The lowest BCUT2D eigenvalue weighted by Gasteiger charge is -2.23. The van der Waals surface area contributed by atoms with Gasteiger partial charge in [-0.3, -0.25) is 10.1 Å². The van der Waals surface area contributed by atoms with Crippen molar-refractivity contribution in [3.63, 3.8) is 0 Å². The number of aryl methyl sites for hydroxylation is 2. The van der Waals surface area contributed by atoms with E-state index in [0.29, 0.717) is 29.6 Å². The Morgan fingerprint density at radius 2 is 1.72 bits per heavy atom. The lowest BCUT2D eigenvalue weighted by atomic mass is 9.84. The summed E-state index contributed by atoms with van der Waals surface area (Å²) in [5.41, 5.74) is 3.92. The Hall–Kier alpha value is -3.19. The van der Waals surface area contributed by atoms with Gasteiger partial charge < -0.3 is 0 Å². The van der Waals surface area contributed by atoms with E-state index in [4.69, 9.17) is 0 Å². The predicted octanol–water partition coefficient (Wildman–Crippen LogP) is 4.75. The number of carbonyl (C=O) groups excluding carboxylic acids is 1. The molecule has 1 aliphatic carbocycles. The number of para-hydroxylation sites is 1. The van der Waals surface area contributed by atoms with Crippen molar-refractivity contribution in [1.82, 2.24) is 19.9 Å². The lowest BCUT2D eigenvalue weighted by Crippen LogP contribution is -2.22. The molecule has 5 rings (SSSR count). The van der Waals surface area contributed by atoms with Crippen LogP contribution in [0.2, 0.25) is 0 Å². The first-order chi connectivity index (χ1) is 14.1. The van der Waals surface area contributed by atoms with E-state index in [1.165, 1.54) is 4.88 Å². The quantitative estimate of drug-likeness (QED) is 0.533. The number of hydrogen-bond acceptors (Lipinski definition) is 7. The van der Waals surface area contributed by atoms with Crippen molar-refractivity contribution in [1.29, 1.82) is 0 Å². The molecule has 0 aliphatic heterocycles. The molecule has 1 unspecified atom stereocenters. The monoisotopic (exact) mass is 401 g/mol. The van der Waals surface area contributed by atoms with Crippen molar-refractivity contribution in [3.05, 3.63) is 69.3 Å². The molecule has 0 spiro atoms. The molecule has 1 N–H and O–H groups in total. The Labute approximate surface area is 172 Å². The minimum Gasteiger partial charge on any atom is -0.294 e. The molecule has 7 heteroatoms. The highest BCUT2D eigenvalue weighted by molar-refractivity contribution is 7.10. The van der Waals surface area contributed by atoms with Crippen molar-refractivity contribution >= 4 is 39.9 Å². The molecule has 29 heavy (non-hydrogen) atoms. The molecule has 3 heterocycles. The fourth-order valence-electron chi connectivity index (χ4n) is 3.95. The Kier molecular flexibility index (Phi) is 4.32. The summed E-state index contributed by atoms with van der Waals surface area (Å²) in [5, 5.41) is 6.21. The molecule has 1 aromatic carbocycles. The zero-order valence-electron chi connectivity index (χ0n) is 16.1. The molecule has 3 aromatic heterocycles. The highest BCUT2D eigenvalue weighted by atomic mass is 32.1. The zero-order chi connectivity index (χ0) is 20.0. The number of aromatic nitrogens is 4. The summed E-state index contributed by atoms with van der Waals surface area (Å²) >= 11 is 1.69. The molecular formula is C22H19N5OS. The van der Waals surface area contributed by atoms with Crippen molar-refractivity contribution in [2.24, 2.45) is 0 Å². The van der Waals surface area contributed by atoms with Crippen LogP contribution < -0.4 is 5.32 Å². The van der Waals surface area contributed by atoms with Gasteiger partial charge in [0.2, 0.25) is 11.9 Å². The first-order valence-corrected chi connectivity index (χ1v) is 10.4. The highest BCUT2D eigenvalue weighted by Crippen LogP contribution is 2.35. The first kappa shape index (κ1) is 17.9. The number of thiophene rings is 1. The molecule has 0 fully saturated rings. The summed E-state index contributed by atoms with van der Waals surface area (Å²) in [6.07, 6.45) is 1.24. The van der Waals surface area contributed by atoms with Crippen molar-refractivity contribution in [2.45, 2.75) is 32.6 Å². The van der Waals surface area contributed by atoms with Gasteiger partial charge in [-0.1, -0.05) is 24.3 Å². The number of anilines is 2. The maximum Gasteiger partial charge on any atom is 0.230 e. The highest BCUT2D eigenvalue weighted by Gasteiger charge is 2.30. The number of nitrogens with zero attached hydrogens (tertiary/aromatic N) is 4. The number of ketones is 1. The lowest BCUT2D eigenvalue weighted by molar-refractivity contribution is 0.0962. The Morgan fingerprint density at radius 3 is 2.55 bits per heavy atom. The van der Waals surface area contributed by atoms with Crippen LogP contribution in [0.1, 0.15) is 44.7 Å². The van der Waals surface area contributed by atoms with Crippen LogP contribution >= 0.6 is 11.3 Å². The van der Waals surface area contributed by atoms with E-state index in [-0.39, 0.29) is 11.7 Å². The van der Waals surface area contributed by atoms with Crippen LogP contribution in [0.3, 0.4) is 0 Å². The summed E-state index contributed by atoms with van der Waals surface area (Å²) in [6.45, 7) is 3.82. The number of benzene rings is 1. The molecule has 1 aliphatic rings. The van der Waals surface area contributed by atoms with E-state index in [2.05, 4.69) is 31.3 Å². The van der Waals surface area contributed by atoms with Gasteiger partial charge in [0.25, 0.3) is 0 Å². The van der Waals surface area contributed by atoms with Crippen LogP contribution in [-0.2, 0) is 6.42 Å². The van der Waals surface area contributed by atoms with Crippen LogP contribution in [0.15, 0.2) is 41.8 Å². The summed E-state index contributed by atoms with van der Waals surface area (Å²) in [5.74, 6) is 1.18. The van der Waals surface area contributed by atoms with Gasteiger partial charge in [-0.15, -0.1) is 11.3 Å². The van der Waals surface area contributed by atoms with Gasteiger partial charge in [0.1, 0.15) is 0 Å². The average Bonchev–Trinajstić information content (AvgIpc) is 3.22. The molecule has 1 atom stereocenters. The standard InChI is InChI=1S/C22H19N5OS/c1-12-15-6-3-4-7-16(15)25-21(23-12)27-22-24-13(2)20-17(26-22)10-14(11-18(20)28)19-8-5-9-29-19/h3-9,14H,10-11H2,1-2H3,(H,23,24,25,26,27). The molecular weight excluding hydrogens is 382 g/mol. The molecule has 6 nitrogen and oxygen atoms in total. The van der Waals surface area contributed by atoms with Crippen LogP contribution in [0.4, 0.5) is 11.9 Å². The topological polar surface area (TPSA) is 80.7 Å². The third kappa shape index (κ3) is 3.27. The van der Waals surface area contributed by atoms with Crippen molar-refractivity contribution in [2.75, 3.05) is 5.32 Å². The average molecular weight is 401 g/mol. The predicted molar refractivity (Wildman–Crippen MR) is 114 cm³/mol. The van der Waals surface area contributed by atoms with Crippen molar-refractivity contribution < 1.29 is 4.79 Å². The minimum atomic E-state index is 0.117. The van der Waals surface area contributed by atoms with Gasteiger partial charge in [-0.25, -0.2) is 19.9 Å². The Morgan fingerprint density at radius 1 is 0.931 bits per heavy atom. The van der Waals surface area contributed by atoms with Gasteiger partial charge in [0, 0.05) is 22.6 Å². The fourth-order valence-corrected chi connectivity index (χ4v) is 4.78. The Balaban J connectivity index is 1.50. The molecule has 0 saturated heterocycles. The zero-order valence-corrected chi connectivity index (χ0v) is 17.0. The summed E-state index contributed by atoms with van der Waals surface area (Å²) in [4.78, 5) is 32.3. The summed E-state index contributed by atoms with van der Waals surface area (Å²) < 4.78 is 0. The second-order valence-electron chi connectivity index (χ2n) is 7.27. The van der Waals surface area contributed by atoms with E-state index >= 15 is 0 Å². The molecule has 0 radical (unpaired) electrons.